The van der Waals surface area contributed by atoms with Gasteiger partial charge in [0.2, 0.25) is 0 Å². The molecule has 2 heterocycles. The Balaban J connectivity index is 1.12. The Morgan fingerprint density at radius 3 is 2.24 bits per heavy atom. The molecule has 1 aliphatic heterocycles. The van der Waals surface area contributed by atoms with Crippen molar-refractivity contribution in [1.82, 2.24) is 5.32 Å². The summed E-state index contributed by atoms with van der Waals surface area (Å²) >= 11 is 0. The second-order valence-corrected chi connectivity index (χ2v) is 14.5. The largest absolute Gasteiger partial charge is 0.454 e. The molecule has 0 fully saturated rings. The van der Waals surface area contributed by atoms with E-state index in [1.807, 2.05) is 0 Å². The summed E-state index contributed by atoms with van der Waals surface area (Å²) in [5.41, 5.74) is 11.3. The number of hydrogen-bond donors (Lipinski definition) is 1. The predicted octanol–water partition coefficient (Wildman–Crippen LogP) is 13.6. The molecule has 0 saturated carbocycles. The third-order valence-corrected chi connectivity index (χ3v) is 11.4. The minimum Gasteiger partial charge on any atom is -0.454 e. The SMILES string of the molecule is C1=Cc2c(cc3c(oc4ccccc43)c2N(C2=CCC(c3ccc4ccccc4c3)C=C2)c2cccc(-c3cc4ccccc4c4ccccc34)c2)CN1. The lowest BCUT2D eigenvalue weighted by molar-refractivity contribution is 0.668. The fraction of sp³-hybridized carbons (Fsp3) is 0.0588. The summed E-state index contributed by atoms with van der Waals surface area (Å²) in [7, 11) is 0. The maximum Gasteiger partial charge on any atom is 0.160 e. The van der Waals surface area contributed by atoms with Crippen LogP contribution >= 0.6 is 0 Å². The molecule has 0 saturated heterocycles. The Labute approximate surface area is 313 Å². The van der Waals surface area contributed by atoms with Crippen LogP contribution in [0.15, 0.2) is 186 Å². The lowest BCUT2D eigenvalue weighted by atomic mass is 9.89. The summed E-state index contributed by atoms with van der Waals surface area (Å²) < 4.78 is 6.85. The molecule has 11 rings (SSSR count). The molecular weight excluding hydrogens is 657 g/mol. The molecule has 1 N–H and O–H groups in total. The van der Waals surface area contributed by atoms with E-state index >= 15 is 0 Å². The van der Waals surface area contributed by atoms with Crippen molar-refractivity contribution in [3.05, 3.63) is 198 Å². The number of nitrogens with one attached hydrogen (secondary N) is 1. The molecule has 1 aliphatic carbocycles. The highest BCUT2D eigenvalue weighted by atomic mass is 16.3. The monoisotopic (exact) mass is 692 g/mol. The summed E-state index contributed by atoms with van der Waals surface area (Å²) in [6.45, 7) is 0.754. The average Bonchev–Trinajstić information content (AvgIpc) is 3.61. The first-order valence-electron chi connectivity index (χ1n) is 18.8. The van der Waals surface area contributed by atoms with E-state index in [9.17, 15) is 0 Å². The van der Waals surface area contributed by atoms with Gasteiger partial charge in [0.05, 0.1) is 5.69 Å². The van der Waals surface area contributed by atoms with Crippen molar-refractivity contribution in [2.45, 2.75) is 18.9 Å². The first kappa shape index (κ1) is 30.8. The van der Waals surface area contributed by atoms with Crippen LogP contribution in [0.4, 0.5) is 11.4 Å². The highest BCUT2D eigenvalue weighted by molar-refractivity contribution is 6.15. The number of para-hydroxylation sites is 1. The van der Waals surface area contributed by atoms with Gasteiger partial charge in [0.25, 0.3) is 0 Å². The molecule has 1 atom stereocenters. The van der Waals surface area contributed by atoms with Crippen molar-refractivity contribution in [1.29, 1.82) is 0 Å². The van der Waals surface area contributed by atoms with E-state index in [-0.39, 0.29) is 5.92 Å². The van der Waals surface area contributed by atoms with Crippen LogP contribution in [0.5, 0.6) is 0 Å². The summed E-state index contributed by atoms with van der Waals surface area (Å²) in [6.07, 6.45) is 12.3. The number of anilines is 2. The van der Waals surface area contributed by atoms with E-state index < -0.39 is 0 Å². The standard InChI is InChI=1S/C51H36N2O/c1-2-11-35-28-36(21-20-33(35)10-1)34-22-24-40(25-23-34)53(50-43-26-27-52-32-39(43)31-48-46-18-7-8-19-49(46)54-51(48)50)41-14-9-13-37(29-41)47-30-38-12-3-4-15-42(38)44-16-5-6-17-45(44)47/h1-22,24-31,34,52H,23,32H2. The zero-order valence-electron chi connectivity index (χ0n) is 29.7. The molecule has 0 radical (unpaired) electrons. The van der Waals surface area contributed by atoms with Gasteiger partial charge in [-0.05, 0) is 110 Å². The number of nitrogens with zero attached hydrogens (tertiary/aromatic N) is 1. The molecule has 3 nitrogen and oxygen atoms in total. The average molecular weight is 693 g/mol. The normalized spacial score (nSPS) is 15.2. The van der Waals surface area contributed by atoms with Crippen molar-refractivity contribution in [3.63, 3.8) is 0 Å². The van der Waals surface area contributed by atoms with Crippen LogP contribution in [0.25, 0.3) is 71.5 Å². The Morgan fingerprint density at radius 1 is 0.593 bits per heavy atom. The molecule has 0 amide bonds. The van der Waals surface area contributed by atoms with Crippen LogP contribution in [0.3, 0.4) is 0 Å². The second kappa shape index (κ2) is 12.4. The van der Waals surface area contributed by atoms with E-state index in [1.54, 1.807) is 0 Å². The van der Waals surface area contributed by atoms with Crippen LogP contribution in [0.2, 0.25) is 0 Å². The quantitative estimate of drug-likeness (QED) is 0.182. The number of rotatable bonds is 5. The van der Waals surface area contributed by atoms with Gasteiger partial charge in [0.15, 0.2) is 5.58 Å². The lowest BCUT2D eigenvalue weighted by Crippen LogP contribution is -2.21. The Kier molecular flexibility index (Phi) is 7.06. The van der Waals surface area contributed by atoms with Crippen LogP contribution in [0, 0.1) is 0 Å². The molecule has 3 heteroatoms. The highest BCUT2D eigenvalue weighted by Gasteiger charge is 2.27. The van der Waals surface area contributed by atoms with Crippen LogP contribution in [0.1, 0.15) is 29.0 Å². The van der Waals surface area contributed by atoms with Crippen LogP contribution in [-0.2, 0) is 6.54 Å². The first-order valence-corrected chi connectivity index (χ1v) is 18.8. The van der Waals surface area contributed by atoms with Gasteiger partial charge in [-0.2, -0.15) is 0 Å². The Bertz CT molecular complexity index is 3050. The minimum absolute atomic E-state index is 0.288. The minimum atomic E-state index is 0.288. The van der Waals surface area contributed by atoms with Crippen molar-refractivity contribution < 1.29 is 4.42 Å². The van der Waals surface area contributed by atoms with Gasteiger partial charge in [-0.15, -0.1) is 0 Å². The molecule has 9 aromatic rings. The van der Waals surface area contributed by atoms with Gasteiger partial charge in [-0.25, -0.2) is 0 Å². The number of furan rings is 1. The molecule has 1 aromatic heterocycles. The third-order valence-electron chi connectivity index (χ3n) is 11.4. The molecule has 54 heavy (non-hydrogen) atoms. The molecule has 0 spiro atoms. The number of fused-ring (bicyclic) bond motifs is 8. The molecular formula is C51H36N2O. The fourth-order valence-corrected chi connectivity index (χ4v) is 8.75. The van der Waals surface area contributed by atoms with Crippen LogP contribution < -0.4 is 10.2 Å². The summed E-state index contributed by atoms with van der Waals surface area (Å²) in [6, 6.07) is 55.1. The molecule has 256 valence electrons. The van der Waals surface area contributed by atoms with Crippen molar-refractivity contribution in [2.24, 2.45) is 0 Å². The fourth-order valence-electron chi connectivity index (χ4n) is 8.75. The highest BCUT2D eigenvalue weighted by Crippen LogP contribution is 2.47. The second-order valence-electron chi connectivity index (χ2n) is 14.5. The van der Waals surface area contributed by atoms with Gasteiger partial charge >= 0.3 is 0 Å². The Morgan fingerprint density at radius 2 is 1.37 bits per heavy atom. The van der Waals surface area contributed by atoms with Crippen molar-refractivity contribution in [3.8, 4) is 11.1 Å². The topological polar surface area (TPSA) is 28.4 Å². The summed E-state index contributed by atoms with van der Waals surface area (Å²) in [5, 5.41) is 13.3. The smallest absolute Gasteiger partial charge is 0.160 e. The van der Waals surface area contributed by atoms with Gasteiger partial charge in [-0.1, -0.05) is 133 Å². The number of benzene rings is 8. The third kappa shape index (κ3) is 4.97. The van der Waals surface area contributed by atoms with Gasteiger partial charge in [0.1, 0.15) is 5.58 Å². The zero-order chi connectivity index (χ0) is 35.6. The number of allylic oxidation sites excluding steroid dienone is 3. The molecule has 2 aliphatic rings. The van der Waals surface area contributed by atoms with Gasteiger partial charge in [-0.3, -0.25) is 0 Å². The van der Waals surface area contributed by atoms with E-state index in [2.05, 4.69) is 192 Å². The van der Waals surface area contributed by atoms with Crippen molar-refractivity contribution in [2.75, 3.05) is 4.90 Å². The number of hydrogen-bond acceptors (Lipinski definition) is 3. The maximum absolute atomic E-state index is 6.85. The van der Waals surface area contributed by atoms with E-state index in [4.69, 9.17) is 4.42 Å². The summed E-state index contributed by atoms with van der Waals surface area (Å²) in [4.78, 5) is 2.44. The molecule has 0 bridgehead atoms. The zero-order valence-corrected chi connectivity index (χ0v) is 29.7. The Hall–Kier alpha value is -6.84. The predicted molar refractivity (Wildman–Crippen MR) is 227 cm³/mol. The van der Waals surface area contributed by atoms with Crippen molar-refractivity contribution >= 4 is 71.7 Å². The lowest BCUT2D eigenvalue weighted by Gasteiger charge is -2.32. The first-order chi connectivity index (χ1) is 26.8. The van der Waals surface area contributed by atoms with E-state index in [0.717, 1.165) is 52.0 Å². The molecule has 8 aromatic carbocycles. The van der Waals surface area contributed by atoms with E-state index in [0.29, 0.717) is 0 Å². The molecule has 1 unspecified atom stereocenters. The van der Waals surface area contributed by atoms with E-state index in [1.165, 1.54) is 60.1 Å². The van der Waals surface area contributed by atoms with Gasteiger partial charge in [0, 0.05) is 40.2 Å². The van der Waals surface area contributed by atoms with Crippen LogP contribution in [-0.4, -0.2) is 0 Å². The maximum atomic E-state index is 6.85. The van der Waals surface area contributed by atoms with Gasteiger partial charge < -0.3 is 14.6 Å². The summed E-state index contributed by atoms with van der Waals surface area (Å²) in [5.74, 6) is 0.288.